The molecule has 2 nitrogen and oxygen atoms in total. The van der Waals surface area contributed by atoms with Crippen molar-refractivity contribution in [2.45, 2.75) is 58.5 Å². The number of hydrogen-bond acceptors (Lipinski definition) is 2. The van der Waals surface area contributed by atoms with E-state index in [4.69, 9.17) is 0 Å². The second-order valence-corrected chi connectivity index (χ2v) is 8.76. The fourth-order valence-corrected chi connectivity index (χ4v) is 6.51. The molecule has 3 heteroatoms. The first kappa shape index (κ1) is 14.7. The van der Waals surface area contributed by atoms with Crippen molar-refractivity contribution in [2.75, 3.05) is 13.6 Å². The molecule has 1 unspecified atom stereocenters. The number of carbonyl (C=O) groups excluding carboxylic acids is 1. The third-order valence-electron chi connectivity index (χ3n) is 7.81. The van der Waals surface area contributed by atoms with Gasteiger partial charge in [0.2, 0.25) is 0 Å². The Bertz CT molecular complexity index is 544. The van der Waals surface area contributed by atoms with Crippen molar-refractivity contribution in [3.8, 4) is 0 Å². The normalized spacial score (nSPS) is 51.0. The van der Waals surface area contributed by atoms with Crippen molar-refractivity contribution in [3.63, 3.8) is 0 Å². The lowest BCUT2D eigenvalue weighted by molar-refractivity contribution is -0.119. The lowest BCUT2D eigenvalue weighted by Crippen LogP contribution is -2.57. The molecule has 1 saturated heterocycles. The topological polar surface area (TPSA) is 20.3 Å². The van der Waals surface area contributed by atoms with Crippen LogP contribution in [0.3, 0.4) is 0 Å². The Morgan fingerprint density at radius 1 is 1.18 bits per heavy atom. The van der Waals surface area contributed by atoms with E-state index in [1.165, 1.54) is 5.70 Å². The molecule has 22 heavy (non-hydrogen) atoms. The Kier molecular flexibility index (Phi) is 3.06. The molecule has 122 valence electrons. The lowest BCUT2D eigenvalue weighted by Gasteiger charge is -2.59. The van der Waals surface area contributed by atoms with Crippen LogP contribution in [-0.4, -0.2) is 30.4 Å². The van der Waals surface area contributed by atoms with Gasteiger partial charge in [0.15, 0.2) is 5.78 Å². The number of hydrogen-bond donors (Lipinski definition) is 0. The van der Waals surface area contributed by atoms with Gasteiger partial charge in [-0.2, -0.15) is 0 Å². The summed E-state index contributed by atoms with van der Waals surface area (Å²) < 4.78 is 14.5. The van der Waals surface area contributed by atoms with Crippen molar-refractivity contribution in [2.24, 2.45) is 28.6 Å². The number of nitrogens with zero attached hydrogens (tertiary/aromatic N) is 1. The molecular weight excluding hydrogens is 277 g/mol. The summed E-state index contributed by atoms with van der Waals surface area (Å²) in [5.74, 6) is 2.04. The van der Waals surface area contributed by atoms with Gasteiger partial charge >= 0.3 is 0 Å². The van der Waals surface area contributed by atoms with Gasteiger partial charge in [-0.1, -0.05) is 13.8 Å². The molecule has 6 atom stereocenters. The van der Waals surface area contributed by atoms with Gasteiger partial charge in [-0.05, 0) is 49.9 Å². The van der Waals surface area contributed by atoms with Crippen LogP contribution in [0.25, 0.3) is 0 Å². The third kappa shape index (κ3) is 1.74. The van der Waals surface area contributed by atoms with E-state index in [9.17, 15) is 9.18 Å². The van der Waals surface area contributed by atoms with Gasteiger partial charge in [0.1, 0.15) is 6.17 Å². The van der Waals surface area contributed by atoms with Crippen LogP contribution in [0.1, 0.15) is 52.4 Å². The van der Waals surface area contributed by atoms with Crippen LogP contribution < -0.4 is 0 Å². The van der Waals surface area contributed by atoms with Gasteiger partial charge in [0, 0.05) is 42.6 Å². The fraction of sp³-hybridized carbons (Fsp3) is 0.842. The molecule has 0 aromatic carbocycles. The van der Waals surface area contributed by atoms with Crippen LogP contribution in [0.2, 0.25) is 0 Å². The van der Waals surface area contributed by atoms with E-state index >= 15 is 0 Å². The predicted molar refractivity (Wildman–Crippen MR) is 85.0 cm³/mol. The molecule has 0 aromatic rings. The molecule has 0 bridgehead atoms. The van der Waals surface area contributed by atoms with E-state index in [0.29, 0.717) is 24.2 Å². The highest BCUT2D eigenvalue weighted by atomic mass is 19.1. The van der Waals surface area contributed by atoms with Gasteiger partial charge in [-0.25, -0.2) is 4.39 Å². The number of alkyl halides is 1. The van der Waals surface area contributed by atoms with Crippen LogP contribution in [0.15, 0.2) is 11.8 Å². The van der Waals surface area contributed by atoms with Gasteiger partial charge in [0.05, 0.1) is 0 Å². The first-order valence-corrected chi connectivity index (χ1v) is 8.96. The summed E-state index contributed by atoms with van der Waals surface area (Å²) in [5, 5.41) is 0. The summed E-state index contributed by atoms with van der Waals surface area (Å²) >= 11 is 0. The molecule has 2 saturated carbocycles. The van der Waals surface area contributed by atoms with Gasteiger partial charge in [-0.15, -0.1) is 0 Å². The minimum absolute atomic E-state index is 0.0932. The number of allylic oxidation sites excluding steroid dienone is 2. The summed E-state index contributed by atoms with van der Waals surface area (Å²) in [6, 6.07) is 0. The maximum Gasteiger partial charge on any atom is 0.157 e. The Morgan fingerprint density at radius 2 is 1.95 bits per heavy atom. The van der Waals surface area contributed by atoms with E-state index < -0.39 is 6.17 Å². The van der Waals surface area contributed by atoms with Crippen LogP contribution in [0.5, 0.6) is 0 Å². The molecule has 0 N–H and O–H groups in total. The molecule has 4 aliphatic rings. The predicted octanol–water partition coefficient (Wildman–Crippen LogP) is 3.97. The summed E-state index contributed by atoms with van der Waals surface area (Å²) in [6.07, 6.45) is 6.93. The lowest BCUT2D eigenvalue weighted by atomic mass is 9.50. The van der Waals surface area contributed by atoms with Gasteiger partial charge < -0.3 is 4.90 Å². The summed E-state index contributed by atoms with van der Waals surface area (Å²) in [4.78, 5) is 14.2. The summed E-state index contributed by atoms with van der Waals surface area (Å²) in [6.45, 7) is 5.57. The van der Waals surface area contributed by atoms with Crippen molar-refractivity contribution >= 4 is 5.78 Å². The fourth-order valence-electron chi connectivity index (χ4n) is 6.51. The molecule has 0 radical (unpaired) electrons. The van der Waals surface area contributed by atoms with E-state index in [1.54, 1.807) is 0 Å². The monoisotopic (exact) mass is 305 g/mol. The number of ketones is 1. The first-order chi connectivity index (χ1) is 10.4. The number of likely N-dealkylation sites (tertiary alicyclic amines) is 1. The Labute approximate surface area is 133 Å². The number of carbonyl (C=O) groups is 1. The van der Waals surface area contributed by atoms with Crippen LogP contribution >= 0.6 is 0 Å². The highest BCUT2D eigenvalue weighted by Crippen LogP contribution is 2.64. The van der Waals surface area contributed by atoms with E-state index in [0.717, 1.165) is 38.6 Å². The quantitative estimate of drug-likeness (QED) is 0.675. The standard InChI is InChI=1S/C19H28FNO/c1-18-9-7-15-13(14(18)4-5-16(18)20)11-21(3)17-10-12(22)6-8-19(15,17)2/h10,13-16H,4-9,11H2,1-3H3/t13-,14-,15+,16?,18-,19+/m0/s1. The zero-order chi connectivity index (χ0) is 15.7. The zero-order valence-electron chi connectivity index (χ0n) is 14.1. The average Bonchev–Trinajstić information content (AvgIpc) is 2.77. The molecule has 0 amide bonds. The highest BCUT2D eigenvalue weighted by molar-refractivity contribution is 5.91. The number of rotatable bonds is 0. The van der Waals surface area contributed by atoms with E-state index in [2.05, 4.69) is 25.8 Å². The smallest absolute Gasteiger partial charge is 0.157 e. The maximum atomic E-state index is 14.5. The van der Waals surface area contributed by atoms with Crippen molar-refractivity contribution in [1.82, 2.24) is 4.90 Å². The molecule has 4 rings (SSSR count). The number of piperidine rings is 1. The minimum atomic E-state index is -0.610. The van der Waals surface area contributed by atoms with Gasteiger partial charge in [0.25, 0.3) is 0 Å². The summed E-state index contributed by atoms with van der Waals surface area (Å²) in [7, 11) is 2.13. The third-order valence-corrected chi connectivity index (χ3v) is 7.81. The Balaban J connectivity index is 1.73. The molecule has 1 heterocycles. The number of halogens is 1. The molecule has 0 spiro atoms. The molecular formula is C19H28FNO. The highest BCUT2D eigenvalue weighted by Gasteiger charge is 2.60. The van der Waals surface area contributed by atoms with Crippen molar-refractivity contribution in [3.05, 3.63) is 11.8 Å². The van der Waals surface area contributed by atoms with Crippen molar-refractivity contribution < 1.29 is 9.18 Å². The molecule has 3 fully saturated rings. The second-order valence-electron chi connectivity index (χ2n) is 8.76. The Morgan fingerprint density at radius 3 is 2.73 bits per heavy atom. The molecule has 1 aliphatic heterocycles. The maximum absolute atomic E-state index is 14.5. The summed E-state index contributed by atoms with van der Waals surface area (Å²) in [5.41, 5.74) is 1.29. The van der Waals surface area contributed by atoms with Crippen molar-refractivity contribution in [1.29, 1.82) is 0 Å². The van der Waals surface area contributed by atoms with Gasteiger partial charge in [-0.3, -0.25) is 4.79 Å². The number of fused-ring (bicyclic) bond motifs is 5. The van der Waals surface area contributed by atoms with E-state index in [1.807, 2.05) is 6.08 Å². The zero-order valence-corrected chi connectivity index (χ0v) is 14.1. The van der Waals surface area contributed by atoms with Crippen LogP contribution in [0.4, 0.5) is 4.39 Å². The van der Waals surface area contributed by atoms with E-state index in [-0.39, 0.29) is 16.6 Å². The van der Waals surface area contributed by atoms with Crippen LogP contribution in [-0.2, 0) is 4.79 Å². The SMILES string of the molecule is CN1C[C@@H]2[C@@H](CC[C@]3(C)C(F)CC[C@@H]23)[C@@]2(C)CCC(=O)C=C12. The molecule has 3 aliphatic carbocycles. The first-order valence-electron chi connectivity index (χ1n) is 8.96. The minimum Gasteiger partial charge on any atom is -0.377 e. The largest absolute Gasteiger partial charge is 0.377 e. The second kappa shape index (κ2) is 4.58. The molecule has 0 aromatic heterocycles. The average molecular weight is 305 g/mol. The van der Waals surface area contributed by atoms with Crippen LogP contribution in [0, 0.1) is 28.6 Å². The Hall–Kier alpha value is -0.860.